The second kappa shape index (κ2) is 6.62. The highest BCUT2D eigenvalue weighted by molar-refractivity contribution is 6.04. The molecule has 0 saturated carbocycles. The van der Waals surface area contributed by atoms with E-state index in [-0.39, 0.29) is 17.7 Å². The summed E-state index contributed by atoms with van der Waals surface area (Å²) in [6.45, 7) is 5.80. The highest BCUT2D eigenvalue weighted by Crippen LogP contribution is 2.23. The van der Waals surface area contributed by atoms with Crippen LogP contribution in [0.3, 0.4) is 0 Å². The number of hydrogen-bond acceptors (Lipinski definition) is 5. The lowest BCUT2D eigenvalue weighted by Crippen LogP contribution is -2.45. The van der Waals surface area contributed by atoms with Crippen LogP contribution < -0.4 is 5.73 Å². The van der Waals surface area contributed by atoms with Crippen molar-refractivity contribution < 1.29 is 14.4 Å². The van der Waals surface area contributed by atoms with Crippen LogP contribution in [0, 0.1) is 12.8 Å². The van der Waals surface area contributed by atoms with Crippen molar-refractivity contribution in [2.24, 2.45) is 16.8 Å². The van der Waals surface area contributed by atoms with E-state index >= 15 is 0 Å². The van der Waals surface area contributed by atoms with E-state index in [1.807, 2.05) is 24.7 Å². The summed E-state index contributed by atoms with van der Waals surface area (Å²) >= 11 is 0. The van der Waals surface area contributed by atoms with Gasteiger partial charge in [-0.3, -0.25) is 14.3 Å². The summed E-state index contributed by atoms with van der Waals surface area (Å²) in [4.78, 5) is 30.9. The number of aromatic nitrogens is 2. The van der Waals surface area contributed by atoms with Crippen molar-refractivity contribution in [3.05, 3.63) is 17.5 Å². The number of amides is 2. The molecular weight excluding hydrogens is 310 g/mol. The maximum atomic E-state index is 12.6. The Balaban J connectivity index is 1.59. The van der Waals surface area contributed by atoms with E-state index in [2.05, 4.69) is 10.3 Å². The van der Waals surface area contributed by atoms with Gasteiger partial charge in [-0.25, -0.2) is 0 Å². The van der Waals surface area contributed by atoms with Gasteiger partial charge in [0.15, 0.2) is 0 Å². The fraction of sp³-hybridized carbons (Fsp3) is 0.625. The first-order chi connectivity index (χ1) is 11.5. The zero-order chi connectivity index (χ0) is 17.3. The molecule has 1 aromatic rings. The SMILES string of the molecule is CCn1cc(C2=NO[C@@H](C(=O)N3CCC(C(N)=O)CC3)C2)c(C)n1. The molecule has 130 valence electrons. The largest absolute Gasteiger partial charge is 0.382 e. The Morgan fingerprint density at radius 1 is 1.38 bits per heavy atom. The van der Waals surface area contributed by atoms with Crippen LogP contribution in [-0.4, -0.2) is 51.4 Å². The van der Waals surface area contributed by atoms with Gasteiger partial charge >= 0.3 is 0 Å². The third kappa shape index (κ3) is 3.13. The molecule has 0 spiro atoms. The first-order valence-corrected chi connectivity index (χ1v) is 8.34. The zero-order valence-corrected chi connectivity index (χ0v) is 14.1. The molecule has 3 rings (SSSR count). The van der Waals surface area contributed by atoms with Crippen molar-refractivity contribution in [3.8, 4) is 0 Å². The molecular formula is C16H23N5O3. The molecule has 24 heavy (non-hydrogen) atoms. The van der Waals surface area contributed by atoms with Crippen LogP contribution in [0.5, 0.6) is 0 Å². The van der Waals surface area contributed by atoms with Crippen molar-refractivity contribution in [2.75, 3.05) is 13.1 Å². The van der Waals surface area contributed by atoms with E-state index in [1.54, 1.807) is 4.90 Å². The van der Waals surface area contributed by atoms with Gasteiger partial charge in [-0.15, -0.1) is 0 Å². The van der Waals surface area contributed by atoms with Gasteiger partial charge in [-0.05, 0) is 26.7 Å². The molecule has 2 amide bonds. The van der Waals surface area contributed by atoms with Crippen molar-refractivity contribution in [2.45, 2.75) is 45.8 Å². The number of primary amides is 1. The van der Waals surface area contributed by atoms with E-state index in [0.29, 0.717) is 32.4 Å². The number of oxime groups is 1. The van der Waals surface area contributed by atoms with Crippen LogP contribution in [0.4, 0.5) is 0 Å². The topological polar surface area (TPSA) is 103 Å². The van der Waals surface area contributed by atoms with E-state index in [0.717, 1.165) is 23.5 Å². The van der Waals surface area contributed by atoms with Gasteiger partial charge in [0.2, 0.25) is 12.0 Å². The highest BCUT2D eigenvalue weighted by Gasteiger charge is 2.35. The average molecular weight is 333 g/mol. The Morgan fingerprint density at radius 3 is 2.67 bits per heavy atom. The molecule has 0 aliphatic carbocycles. The zero-order valence-electron chi connectivity index (χ0n) is 14.1. The summed E-state index contributed by atoms with van der Waals surface area (Å²) in [5, 5.41) is 8.50. The average Bonchev–Trinajstić information content (AvgIpc) is 3.20. The minimum atomic E-state index is -0.588. The second-order valence-electron chi connectivity index (χ2n) is 6.32. The number of carbonyl (C=O) groups excluding carboxylic acids is 2. The fourth-order valence-corrected chi connectivity index (χ4v) is 3.22. The lowest BCUT2D eigenvalue weighted by molar-refractivity contribution is -0.144. The number of piperidine rings is 1. The molecule has 1 saturated heterocycles. The van der Waals surface area contributed by atoms with Crippen molar-refractivity contribution >= 4 is 17.5 Å². The minimum absolute atomic E-state index is 0.0720. The van der Waals surface area contributed by atoms with E-state index in [1.165, 1.54) is 0 Å². The number of carbonyl (C=O) groups is 2. The third-order valence-corrected chi connectivity index (χ3v) is 4.73. The molecule has 0 radical (unpaired) electrons. The predicted molar refractivity (Wildman–Crippen MR) is 87.2 cm³/mol. The maximum Gasteiger partial charge on any atom is 0.266 e. The number of rotatable bonds is 4. The third-order valence-electron chi connectivity index (χ3n) is 4.73. The van der Waals surface area contributed by atoms with Gasteiger partial charge < -0.3 is 15.5 Å². The van der Waals surface area contributed by atoms with Crippen LogP contribution in [0.25, 0.3) is 0 Å². The maximum absolute atomic E-state index is 12.6. The summed E-state index contributed by atoms with van der Waals surface area (Å²) in [6.07, 6.45) is 3.02. The molecule has 8 heteroatoms. The van der Waals surface area contributed by atoms with Crippen molar-refractivity contribution in [1.82, 2.24) is 14.7 Å². The van der Waals surface area contributed by atoms with Gasteiger partial charge in [-0.1, -0.05) is 5.16 Å². The number of likely N-dealkylation sites (tertiary alicyclic amines) is 1. The van der Waals surface area contributed by atoms with E-state index < -0.39 is 6.10 Å². The molecule has 8 nitrogen and oxygen atoms in total. The molecule has 0 aromatic carbocycles. The lowest BCUT2D eigenvalue weighted by Gasteiger charge is -2.31. The number of nitrogens with two attached hydrogens (primary N) is 1. The second-order valence-corrected chi connectivity index (χ2v) is 6.32. The van der Waals surface area contributed by atoms with Crippen LogP contribution in [0.2, 0.25) is 0 Å². The van der Waals surface area contributed by atoms with Crippen molar-refractivity contribution in [3.63, 3.8) is 0 Å². The Kier molecular flexibility index (Phi) is 4.55. The van der Waals surface area contributed by atoms with Crippen molar-refractivity contribution in [1.29, 1.82) is 0 Å². The molecule has 2 N–H and O–H groups in total. The lowest BCUT2D eigenvalue weighted by atomic mass is 9.95. The Labute approximate surface area is 140 Å². The summed E-state index contributed by atoms with van der Waals surface area (Å²) in [6, 6.07) is 0. The van der Waals surface area contributed by atoms with Gasteiger partial charge in [0, 0.05) is 43.7 Å². The molecule has 1 atom stereocenters. The van der Waals surface area contributed by atoms with Gasteiger partial charge in [0.1, 0.15) is 0 Å². The summed E-state index contributed by atoms with van der Waals surface area (Å²) in [5.74, 6) is -0.488. The van der Waals surface area contributed by atoms with E-state index in [4.69, 9.17) is 10.6 Å². The number of hydrogen-bond donors (Lipinski definition) is 1. The standard InChI is InChI=1S/C16H23N5O3/c1-3-21-9-12(10(2)18-21)13-8-14(24-19-13)16(23)20-6-4-11(5-7-20)15(17)22/h9,11,14H,3-8H2,1-2H3,(H2,17,22)/t14-/m1/s1. The van der Waals surface area contributed by atoms with Crippen LogP contribution in [-0.2, 0) is 21.0 Å². The Hall–Kier alpha value is -2.38. The quantitative estimate of drug-likeness (QED) is 0.863. The number of aryl methyl sites for hydroxylation is 2. The van der Waals surface area contributed by atoms with Gasteiger partial charge in [0.05, 0.1) is 11.4 Å². The molecule has 0 unspecified atom stereocenters. The molecule has 3 heterocycles. The van der Waals surface area contributed by atoms with E-state index in [9.17, 15) is 9.59 Å². The van der Waals surface area contributed by atoms with Crippen LogP contribution >= 0.6 is 0 Å². The number of nitrogens with zero attached hydrogens (tertiary/aromatic N) is 4. The summed E-state index contributed by atoms with van der Waals surface area (Å²) in [5.41, 5.74) is 7.90. The summed E-state index contributed by atoms with van der Waals surface area (Å²) in [7, 11) is 0. The fourth-order valence-electron chi connectivity index (χ4n) is 3.22. The first kappa shape index (κ1) is 16.5. The van der Waals surface area contributed by atoms with Gasteiger partial charge in [0.25, 0.3) is 5.91 Å². The smallest absolute Gasteiger partial charge is 0.266 e. The first-order valence-electron chi connectivity index (χ1n) is 8.34. The highest BCUT2D eigenvalue weighted by atomic mass is 16.6. The Morgan fingerprint density at radius 2 is 2.08 bits per heavy atom. The molecule has 1 fully saturated rings. The van der Waals surface area contributed by atoms with Gasteiger partial charge in [-0.2, -0.15) is 5.10 Å². The predicted octanol–water partition coefficient (Wildman–Crippen LogP) is 0.428. The normalized spacial score (nSPS) is 21.5. The monoisotopic (exact) mass is 333 g/mol. The molecule has 2 aliphatic rings. The summed E-state index contributed by atoms with van der Waals surface area (Å²) < 4.78 is 1.84. The minimum Gasteiger partial charge on any atom is -0.382 e. The molecule has 0 bridgehead atoms. The Bertz CT molecular complexity index is 673. The molecule has 2 aliphatic heterocycles. The van der Waals surface area contributed by atoms with Crippen LogP contribution in [0.15, 0.2) is 11.4 Å². The molecule has 1 aromatic heterocycles. The van der Waals surface area contributed by atoms with Crippen LogP contribution in [0.1, 0.15) is 37.4 Å².